The lowest BCUT2D eigenvalue weighted by molar-refractivity contribution is -0.117. The maximum atomic E-state index is 12.5. The molecule has 1 heterocycles. The smallest absolute Gasteiger partial charge is 0.238 e. The Balaban J connectivity index is 1.55. The molecule has 2 aromatic carbocycles. The molecular formula is C22H24N2O2S. The second-order valence-electron chi connectivity index (χ2n) is 6.41. The molecule has 0 spiro atoms. The molecule has 0 aromatic heterocycles. The van der Waals surface area contributed by atoms with Gasteiger partial charge >= 0.3 is 0 Å². The fraction of sp³-hybridized carbons (Fsp3) is 0.227. The predicted octanol–water partition coefficient (Wildman–Crippen LogP) is 4.40. The van der Waals surface area contributed by atoms with E-state index in [2.05, 4.69) is 22.9 Å². The van der Waals surface area contributed by atoms with Crippen LogP contribution in [0, 0.1) is 0 Å². The quantitative estimate of drug-likeness (QED) is 0.552. The molecule has 5 heteroatoms. The molecular weight excluding hydrogens is 356 g/mol. The lowest BCUT2D eigenvalue weighted by Gasteiger charge is -2.26. The molecule has 0 unspecified atom stereocenters. The van der Waals surface area contributed by atoms with Gasteiger partial charge in [0.1, 0.15) is 5.75 Å². The van der Waals surface area contributed by atoms with Gasteiger partial charge in [0.25, 0.3) is 0 Å². The van der Waals surface area contributed by atoms with E-state index in [9.17, 15) is 9.90 Å². The zero-order chi connectivity index (χ0) is 19.1. The Morgan fingerprint density at radius 3 is 2.70 bits per heavy atom. The number of nitrogens with one attached hydrogen (secondary N) is 1. The van der Waals surface area contributed by atoms with Crippen LogP contribution in [-0.4, -0.2) is 41.3 Å². The van der Waals surface area contributed by atoms with Crippen molar-refractivity contribution in [3.8, 4) is 5.75 Å². The summed E-state index contributed by atoms with van der Waals surface area (Å²) in [6.45, 7) is 5.70. The molecule has 1 amide bonds. The standard InChI is InChI=1S/C22H24N2O2S/c1-2-15-27-21-6-4-3-5-20(21)23-22(26)16-24-13-11-18(12-14-24)17-7-9-19(25)10-8-17/h2-11,25H,1,12-16H2,(H,23,26). The molecule has 0 fully saturated rings. The molecule has 2 aromatic rings. The first kappa shape index (κ1) is 19.3. The number of amides is 1. The molecule has 1 aliphatic rings. The van der Waals surface area contributed by atoms with Crippen LogP contribution in [0.3, 0.4) is 0 Å². The molecule has 0 radical (unpaired) electrons. The largest absolute Gasteiger partial charge is 0.508 e. The third kappa shape index (κ3) is 5.49. The lowest BCUT2D eigenvalue weighted by Crippen LogP contribution is -2.36. The maximum Gasteiger partial charge on any atom is 0.238 e. The van der Waals surface area contributed by atoms with Gasteiger partial charge in [0, 0.05) is 23.7 Å². The fourth-order valence-corrected chi connectivity index (χ4v) is 3.78. The average Bonchev–Trinajstić information content (AvgIpc) is 2.68. The zero-order valence-electron chi connectivity index (χ0n) is 15.2. The van der Waals surface area contributed by atoms with Crippen molar-refractivity contribution in [2.45, 2.75) is 11.3 Å². The maximum absolute atomic E-state index is 12.5. The normalized spacial score (nSPS) is 14.4. The first-order valence-electron chi connectivity index (χ1n) is 8.99. The van der Waals surface area contributed by atoms with E-state index in [1.807, 2.05) is 42.5 Å². The molecule has 0 saturated carbocycles. The second kappa shape index (κ2) is 9.44. The summed E-state index contributed by atoms with van der Waals surface area (Å²) in [4.78, 5) is 15.7. The Labute approximate surface area is 164 Å². The molecule has 0 atom stereocenters. The summed E-state index contributed by atoms with van der Waals surface area (Å²) >= 11 is 1.66. The number of rotatable bonds is 7. The van der Waals surface area contributed by atoms with Crippen molar-refractivity contribution in [3.05, 3.63) is 72.8 Å². The number of carbonyl (C=O) groups is 1. The molecule has 3 rings (SSSR count). The Kier molecular flexibility index (Phi) is 6.74. The third-order valence-corrected chi connectivity index (χ3v) is 5.49. The molecule has 0 bridgehead atoms. The number of phenols is 1. The van der Waals surface area contributed by atoms with Crippen LogP contribution in [0.5, 0.6) is 5.75 Å². The molecule has 0 aliphatic carbocycles. The zero-order valence-corrected chi connectivity index (χ0v) is 16.0. The number of phenolic OH excluding ortho intramolecular Hbond substituents is 1. The minimum atomic E-state index is 0.00290. The minimum Gasteiger partial charge on any atom is -0.508 e. The van der Waals surface area contributed by atoms with Crippen LogP contribution in [0.1, 0.15) is 12.0 Å². The number of aromatic hydroxyl groups is 1. The van der Waals surface area contributed by atoms with E-state index >= 15 is 0 Å². The molecule has 140 valence electrons. The van der Waals surface area contributed by atoms with Gasteiger partial charge < -0.3 is 10.4 Å². The lowest BCUT2D eigenvalue weighted by atomic mass is 9.99. The van der Waals surface area contributed by atoms with Crippen LogP contribution in [0.15, 0.2) is 72.2 Å². The highest BCUT2D eigenvalue weighted by atomic mass is 32.2. The van der Waals surface area contributed by atoms with Gasteiger partial charge in [-0.15, -0.1) is 18.3 Å². The summed E-state index contributed by atoms with van der Waals surface area (Å²) in [6, 6.07) is 15.1. The van der Waals surface area contributed by atoms with Gasteiger partial charge in [-0.1, -0.05) is 36.4 Å². The molecule has 1 aliphatic heterocycles. The summed E-state index contributed by atoms with van der Waals surface area (Å²) in [5.41, 5.74) is 3.24. The van der Waals surface area contributed by atoms with Gasteiger partial charge in [0.15, 0.2) is 0 Å². The van der Waals surface area contributed by atoms with E-state index in [1.165, 1.54) is 5.57 Å². The fourth-order valence-electron chi connectivity index (χ4n) is 3.03. The summed E-state index contributed by atoms with van der Waals surface area (Å²) in [6.07, 6.45) is 4.91. The van der Waals surface area contributed by atoms with Crippen molar-refractivity contribution in [2.75, 3.05) is 30.7 Å². The number of nitrogens with zero attached hydrogens (tertiary/aromatic N) is 1. The Bertz CT molecular complexity index is 830. The number of hydrogen-bond donors (Lipinski definition) is 2. The van der Waals surface area contributed by atoms with Crippen molar-refractivity contribution < 1.29 is 9.90 Å². The Morgan fingerprint density at radius 2 is 2.00 bits per heavy atom. The number of carbonyl (C=O) groups excluding carboxylic acids is 1. The van der Waals surface area contributed by atoms with Crippen molar-refractivity contribution >= 4 is 28.9 Å². The van der Waals surface area contributed by atoms with Crippen molar-refractivity contribution in [2.24, 2.45) is 0 Å². The Morgan fingerprint density at radius 1 is 1.22 bits per heavy atom. The number of hydrogen-bond acceptors (Lipinski definition) is 4. The highest BCUT2D eigenvalue weighted by Gasteiger charge is 2.16. The average molecular weight is 381 g/mol. The highest BCUT2D eigenvalue weighted by Crippen LogP contribution is 2.27. The van der Waals surface area contributed by atoms with E-state index in [1.54, 1.807) is 23.9 Å². The van der Waals surface area contributed by atoms with E-state index in [0.29, 0.717) is 6.54 Å². The van der Waals surface area contributed by atoms with Crippen LogP contribution in [0.2, 0.25) is 0 Å². The second-order valence-corrected chi connectivity index (χ2v) is 7.47. The van der Waals surface area contributed by atoms with Crippen molar-refractivity contribution in [3.63, 3.8) is 0 Å². The molecule has 0 saturated heterocycles. The van der Waals surface area contributed by atoms with Crippen molar-refractivity contribution in [1.29, 1.82) is 0 Å². The Hall–Kier alpha value is -2.50. The van der Waals surface area contributed by atoms with Gasteiger partial charge in [-0.2, -0.15) is 0 Å². The molecule has 4 nitrogen and oxygen atoms in total. The first-order chi connectivity index (χ1) is 13.2. The van der Waals surface area contributed by atoms with E-state index in [4.69, 9.17) is 0 Å². The summed E-state index contributed by atoms with van der Waals surface area (Å²) < 4.78 is 0. The van der Waals surface area contributed by atoms with Crippen LogP contribution in [-0.2, 0) is 4.79 Å². The number of anilines is 1. The van der Waals surface area contributed by atoms with Crippen LogP contribution in [0.4, 0.5) is 5.69 Å². The van der Waals surface area contributed by atoms with Gasteiger partial charge in [0.2, 0.25) is 5.91 Å². The van der Waals surface area contributed by atoms with E-state index in [0.717, 1.165) is 41.4 Å². The number of thioether (sulfide) groups is 1. The SMILES string of the molecule is C=CCSc1ccccc1NC(=O)CN1CC=C(c2ccc(O)cc2)CC1. The predicted molar refractivity (Wildman–Crippen MR) is 113 cm³/mol. The highest BCUT2D eigenvalue weighted by molar-refractivity contribution is 7.99. The first-order valence-corrected chi connectivity index (χ1v) is 9.97. The monoisotopic (exact) mass is 380 g/mol. The van der Waals surface area contributed by atoms with Crippen LogP contribution >= 0.6 is 11.8 Å². The van der Waals surface area contributed by atoms with Gasteiger partial charge in [0.05, 0.1) is 12.2 Å². The van der Waals surface area contributed by atoms with E-state index < -0.39 is 0 Å². The topological polar surface area (TPSA) is 52.6 Å². The molecule has 27 heavy (non-hydrogen) atoms. The summed E-state index contributed by atoms with van der Waals surface area (Å²) in [7, 11) is 0. The van der Waals surface area contributed by atoms with Crippen LogP contribution < -0.4 is 5.32 Å². The van der Waals surface area contributed by atoms with E-state index in [-0.39, 0.29) is 11.7 Å². The minimum absolute atomic E-state index is 0.00290. The number of para-hydroxylation sites is 1. The van der Waals surface area contributed by atoms with Crippen LogP contribution in [0.25, 0.3) is 5.57 Å². The summed E-state index contributed by atoms with van der Waals surface area (Å²) in [5, 5.41) is 12.4. The van der Waals surface area contributed by atoms with Gasteiger partial charge in [-0.25, -0.2) is 0 Å². The summed E-state index contributed by atoms with van der Waals surface area (Å²) in [5.74, 6) is 1.09. The van der Waals surface area contributed by atoms with Gasteiger partial charge in [-0.05, 0) is 41.8 Å². The molecule has 2 N–H and O–H groups in total. The van der Waals surface area contributed by atoms with Crippen molar-refractivity contribution in [1.82, 2.24) is 4.90 Å². The van der Waals surface area contributed by atoms with Gasteiger partial charge in [-0.3, -0.25) is 9.69 Å². The third-order valence-electron chi connectivity index (χ3n) is 4.42. The number of benzene rings is 2.